The van der Waals surface area contributed by atoms with Crippen LogP contribution in [0.5, 0.6) is 0 Å². The summed E-state index contributed by atoms with van der Waals surface area (Å²) in [5.74, 6) is 0.00368. The Morgan fingerprint density at radius 2 is 2.05 bits per heavy atom. The van der Waals surface area contributed by atoms with Crippen molar-refractivity contribution in [3.05, 3.63) is 29.8 Å². The zero-order valence-electron chi connectivity index (χ0n) is 11.2. The molecule has 1 aliphatic rings. The molecule has 0 saturated carbocycles. The summed E-state index contributed by atoms with van der Waals surface area (Å²) in [5.41, 5.74) is 6.97. The third kappa shape index (κ3) is 4.19. The number of anilines is 1. The van der Waals surface area contributed by atoms with Crippen molar-refractivity contribution in [1.29, 1.82) is 0 Å². The number of nitrogens with zero attached hydrogens (tertiary/aromatic N) is 1. The normalized spacial score (nSPS) is 20.8. The molecule has 0 aromatic heterocycles. The highest BCUT2D eigenvalue weighted by Crippen LogP contribution is 2.14. The summed E-state index contributed by atoms with van der Waals surface area (Å²) in [4.78, 5) is 2.20. The summed E-state index contributed by atoms with van der Waals surface area (Å²) >= 11 is 0. The van der Waals surface area contributed by atoms with Gasteiger partial charge < -0.3 is 10.6 Å². The second-order valence-corrected chi connectivity index (χ2v) is 6.93. The summed E-state index contributed by atoms with van der Waals surface area (Å²) in [6.07, 6.45) is 2.20. The van der Waals surface area contributed by atoms with E-state index in [2.05, 4.69) is 9.62 Å². The maximum absolute atomic E-state index is 12.0. The summed E-state index contributed by atoms with van der Waals surface area (Å²) in [6, 6.07) is 7.25. The minimum absolute atomic E-state index is 0.00368. The molecule has 1 fully saturated rings. The fourth-order valence-corrected chi connectivity index (χ4v) is 3.52. The van der Waals surface area contributed by atoms with Crippen molar-refractivity contribution in [3.63, 3.8) is 0 Å². The van der Waals surface area contributed by atoms with Crippen LogP contribution >= 0.6 is 0 Å². The largest absolute Gasteiger partial charge is 0.399 e. The van der Waals surface area contributed by atoms with Gasteiger partial charge in [0.2, 0.25) is 10.0 Å². The first-order chi connectivity index (χ1) is 8.96. The lowest BCUT2D eigenvalue weighted by Crippen LogP contribution is -2.38. The van der Waals surface area contributed by atoms with E-state index in [0.717, 1.165) is 24.9 Å². The summed E-state index contributed by atoms with van der Waals surface area (Å²) in [5, 5.41) is 0. The molecule has 106 valence electrons. The van der Waals surface area contributed by atoms with E-state index in [0.29, 0.717) is 18.3 Å². The van der Waals surface area contributed by atoms with E-state index in [1.54, 1.807) is 24.3 Å². The van der Waals surface area contributed by atoms with Crippen LogP contribution in [0.2, 0.25) is 0 Å². The minimum Gasteiger partial charge on any atom is -0.399 e. The molecule has 6 heteroatoms. The highest BCUT2D eigenvalue weighted by atomic mass is 32.2. The van der Waals surface area contributed by atoms with E-state index < -0.39 is 10.0 Å². The van der Waals surface area contributed by atoms with Crippen LogP contribution in [0.1, 0.15) is 18.4 Å². The lowest BCUT2D eigenvalue weighted by molar-refractivity contribution is 0.311. The van der Waals surface area contributed by atoms with E-state index in [4.69, 9.17) is 5.73 Å². The molecule has 1 aliphatic heterocycles. The fourth-order valence-electron chi connectivity index (χ4n) is 2.34. The first-order valence-corrected chi connectivity index (χ1v) is 8.13. The molecule has 0 spiro atoms. The summed E-state index contributed by atoms with van der Waals surface area (Å²) in [6.45, 7) is 1.54. The molecule has 2 rings (SSSR count). The topological polar surface area (TPSA) is 75.4 Å². The molecule has 19 heavy (non-hydrogen) atoms. The summed E-state index contributed by atoms with van der Waals surface area (Å²) < 4.78 is 26.7. The van der Waals surface area contributed by atoms with Gasteiger partial charge in [0.15, 0.2) is 0 Å². The molecule has 5 nitrogen and oxygen atoms in total. The lowest BCUT2D eigenvalue weighted by atomic mass is 10.2. The van der Waals surface area contributed by atoms with Gasteiger partial charge in [-0.15, -0.1) is 0 Å². The molecule has 0 bridgehead atoms. The molecule has 1 saturated heterocycles. The maximum Gasteiger partial charge on any atom is 0.215 e. The van der Waals surface area contributed by atoms with Gasteiger partial charge in [0.1, 0.15) is 0 Å². The Balaban J connectivity index is 1.89. The molecule has 1 aromatic carbocycles. The number of nitrogens with one attached hydrogen (secondary N) is 1. The van der Waals surface area contributed by atoms with Crippen molar-refractivity contribution >= 4 is 15.7 Å². The van der Waals surface area contributed by atoms with Crippen LogP contribution in [-0.4, -0.2) is 39.5 Å². The third-order valence-electron chi connectivity index (χ3n) is 3.55. The Morgan fingerprint density at radius 3 is 2.63 bits per heavy atom. The predicted molar refractivity (Wildman–Crippen MR) is 77.1 cm³/mol. The zero-order chi connectivity index (χ0) is 13.9. The van der Waals surface area contributed by atoms with Crippen LogP contribution < -0.4 is 10.5 Å². The molecular formula is C13H21N3O2S. The number of nitrogens with two attached hydrogens (primary N) is 1. The van der Waals surface area contributed by atoms with E-state index in [1.165, 1.54) is 0 Å². The number of rotatable bonds is 5. The van der Waals surface area contributed by atoms with Gasteiger partial charge in [-0.05, 0) is 44.1 Å². The van der Waals surface area contributed by atoms with E-state index in [-0.39, 0.29) is 5.75 Å². The van der Waals surface area contributed by atoms with Gasteiger partial charge in [-0.25, -0.2) is 13.1 Å². The second kappa shape index (κ2) is 5.90. The third-order valence-corrected chi connectivity index (χ3v) is 4.87. The van der Waals surface area contributed by atoms with Gasteiger partial charge in [-0.1, -0.05) is 12.1 Å². The first-order valence-electron chi connectivity index (χ1n) is 6.48. The van der Waals surface area contributed by atoms with Crippen LogP contribution in [0.4, 0.5) is 5.69 Å². The Labute approximate surface area is 114 Å². The number of benzene rings is 1. The molecule has 0 radical (unpaired) electrons. The van der Waals surface area contributed by atoms with Crippen LogP contribution in [0.25, 0.3) is 0 Å². The number of nitrogen functional groups attached to an aromatic ring is 1. The van der Waals surface area contributed by atoms with Crippen LogP contribution in [0.15, 0.2) is 24.3 Å². The fraction of sp³-hybridized carbons (Fsp3) is 0.538. The van der Waals surface area contributed by atoms with Gasteiger partial charge in [-0.3, -0.25) is 0 Å². The van der Waals surface area contributed by atoms with Gasteiger partial charge in [0, 0.05) is 18.3 Å². The molecule has 0 amide bonds. The van der Waals surface area contributed by atoms with Gasteiger partial charge >= 0.3 is 0 Å². The standard InChI is InChI=1S/C13H21N3O2S/c1-16-8-2-3-13(16)9-15-19(17,18)10-11-4-6-12(14)7-5-11/h4-7,13,15H,2-3,8-10,14H2,1H3. The smallest absolute Gasteiger partial charge is 0.215 e. The minimum atomic E-state index is -3.28. The molecular weight excluding hydrogens is 262 g/mol. The maximum atomic E-state index is 12.0. The lowest BCUT2D eigenvalue weighted by Gasteiger charge is -2.19. The number of likely N-dealkylation sites (N-methyl/N-ethyl adjacent to an activating group) is 1. The highest BCUT2D eigenvalue weighted by molar-refractivity contribution is 7.88. The monoisotopic (exact) mass is 283 g/mol. The van der Waals surface area contributed by atoms with Crippen LogP contribution in [-0.2, 0) is 15.8 Å². The summed E-state index contributed by atoms with van der Waals surface area (Å²) in [7, 11) is -1.24. The van der Waals surface area contributed by atoms with E-state index in [9.17, 15) is 8.42 Å². The Kier molecular flexibility index (Phi) is 4.44. The average Bonchev–Trinajstić information content (AvgIpc) is 2.75. The van der Waals surface area contributed by atoms with Gasteiger partial charge in [-0.2, -0.15) is 0 Å². The van der Waals surface area contributed by atoms with Crippen LogP contribution in [0.3, 0.4) is 0 Å². The number of likely N-dealkylation sites (tertiary alicyclic amines) is 1. The van der Waals surface area contributed by atoms with Crippen molar-refractivity contribution < 1.29 is 8.42 Å². The molecule has 1 atom stereocenters. The van der Waals surface area contributed by atoms with Gasteiger partial charge in [0.05, 0.1) is 5.75 Å². The predicted octanol–water partition coefficient (Wildman–Crippen LogP) is 0.782. The molecule has 3 N–H and O–H groups in total. The Morgan fingerprint density at radius 1 is 1.37 bits per heavy atom. The molecule has 1 unspecified atom stereocenters. The van der Waals surface area contributed by atoms with E-state index in [1.807, 2.05) is 7.05 Å². The van der Waals surface area contributed by atoms with Crippen LogP contribution in [0, 0.1) is 0 Å². The van der Waals surface area contributed by atoms with Crippen molar-refractivity contribution in [2.75, 3.05) is 25.9 Å². The van der Waals surface area contributed by atoms with Crippen molar-refractivity contribution in [3.8, 4) is 0 Å². The molecule has 1 heterocycles. The SMILES string of the molecule is CN1CCCC1CNS(=O)(=O)Cc1ccc(N)cc1. The quantitative estimate of drug-likeness (QED) is 0.783. The highest BCUT2D eigenvalue weighted by Gasteiger charge is 2.22. The van der Waals surface area contributed by atoms with Crippen molar-refractivity contribution in [1.82, 2.24) is 9.62 Å². The molecule has 0 aliphatic carbocycles. The van der Waals surface area contributed by atoms with E-state index >= 15 is 0 Å². The zero-order valence-corrected chi connectivity index (χ0v) is 12.0. The average molecular weight is 283 g/mol. The van der Waals surface area contributed by atoms with Gasteiger partial charge in [0.25, 0.3) is 0 Å². The van der Waals surface area contributed by atoms with Crippen molar-refractivity contribution in [2.45, 2.75) is 24.6 Å². The Hall–Kier alpha value is -1.11. The number of hydrogen-bond donors (Lipinski definition) is 2. The second-order valence-electron chi connectivity index (χ2n) is 5.13. The Bertz CT molecular complexity index is 513. The van der Waals surface area contributed by atoms with Crippen molar-refractivity contribution in [2.24, 2.45) is 0 Å². The number of hydrogen-bond acceptors (Lipinski definition) is 4. The molecule has 1 aromatic rings. The number of sulfonamides is 1. The first kappa shape index (κ1) is 14.3.